The Morgan fingerprint density at radius 1 is 1.47 bits per heavy atom. The van der Waals surface area contributed by atoms with Crippen LogP contribution in [0.3, 0.4) is 0 Å². The number of rotatable bonds is 5. The lowest BCUT2D eigenvalue weighted by Crippen LogP contribution is -2.47. The zero-order valence-electron chi connectivity index (χ0n) is 8.58. The van der Waals surface area contributed by atoms with Crippen molar-refractivity contribution < 1.29 is 14.7 Å². The third-order valence-corrected chi connectivity index (χ3v) is 2.88. The van der Waals surface area contributed by atoms with Crippen LogP contribution in [0.25, 0.3) is 0 Å². The molecule has 15 heavy (non-hydrogen) atoms. The van der Waals surface area contributed by atoms with E-state index in [0.29, 0.717) is 19.3 Å². The first-order valence-corrected chi connectivity index (χ1v) is 5.04. The van der Waals surface area contributed by atoms with Crippen molar-refractivity contribution in [2.24, 2.45) is 5.41 Å². The first-order chi connectivity index (χ1) is 7.10. The highest BCUT2D eigenvalue weighted by Crippen LogP contribution is 2.40. The molecule has 0 atom stereocenters. The predicted octanol–water partition coefficient (Wildman–Crippen LogP) is 0.771. The van der Waals surface area contributed by atoms with Gasteiger partial charge in [-0.15, -0.1) is 12.3 Å². The van der Waals surface area contributed by atoms with Crippen LogP contribution in [0.2, 0.25) is 0 Å². The molecule has 0 aromatic rings. The fourth-order valence-corrected chi connectivity index (χ4v) is 1.61. The molecule has 0 spiro atoms. The minimum absolute atomic E-state index is 0.166. The third kappa shape index (κ3) is 2.72. The van der Waals surface area contributed by atoms with E-state index in [2.05, 4.69) is 11.2 Å². The lowest BCUT2D eigenvalue weighted by atomic mass is 9.69. The summed E-state index contributed by atoms with van der Waals surface area (Å²) < 4.78 is 0. The summed E-state index contributed by atoms with van der Waals surface area (Å²) in [6.07, 6.45) is 7.91. The van der Waals surface area contributed by atoms with Crippen LogP contribution in [0.4, 0.5) is 0 Å². The maximum atomic E-state index is 11.2. The number of nitrogens with one attached hydrogen (secondary N) is 1. The topological polar surface area (TPSA) is 66.4 Å². The molecule has 2 N–H and O–H groups in total. The summed E-state index contributed by atoms with van der Waals surface area (Å²) in [4.78, 5) is 22.2. The molecular formula is C11H15NO3. The maximum Gasteiger partial charge on any atom is 0.311 e. The number of carbonyl (C=O) groups excluding carboxylic acids is 1. The van der Waals surface area contributed by atoms with E-state index in [4.69, 9.17) is 11.5 Å². The number of carboxylic acids is 1. The summed E-state index contributed by atoms with van der Waals surface area (Å²) in [5.74, 6) is 1.39. The molecule has 0 radical (unpaired) electrons. The van der Waals surface area contributed by atoms with Gasteiger partial charge < -0.3 is 10.4 Å². The highest BCUT2D eigenvalue weighted by Gasteiger charge is 2.44. The number of hydrogen-bond donors (Lipinski definition) is 2. The number of amides is 1. The molecule has 82 valence electrons. The van der Waals surface area contributed by atoms with Gasteiger partial charge in [0.25, 0.3) is 0 Å². The van der Waals surface area contributed by atoms with Crippen molar-refractivity contribution in [1.82, 2.24) is 5.32 Å². The van der Waals surface area contributed by atoms with Crippen molar-refractivity contribution in [2.45, 2.75) is 32.1 Å². The van der Waals surface area contributed by atoms with Gasteiger partial charge in [0.1, 0.15) is 0 Å². The Morgan fingerprint density at radius 3 is 2.53 bits per heavy atom. The molecule has 4 heteroatoms. The van der Waals surface area contributed by atoms with E-state index in [-0.39, 0.29) is 18.9 Å². The van der Waals surface area contributed by atoms with E-state index in [1.807, 2.05) is 0 Å². The molecule has 1 amide bonds. The van der Waals surface area contributed by atoms with Crippen molar-refractivity contribution >= 4 is 11.9 Å². The Balaban J connectivity index is 2.32. The molecule has 0 aromatic heterocycles. The predicted molar refractivity (Wildman–Crippen MR) is 55.0 cm³/mol. The lowest BCUT2D eigenvalue weighted by molar-refractivity contribution is -0.154. The highest BCUT2D eigenvalue weighted by atomic mass is 16.4. The molecule has 0 heterocycles. The monoisotopic (exact) mass is 209 g/mol. The largest absolute Gasteiger partial charge is 0.481 e. The molecule has 0 aromatic carbocycles. The van der Waals surface area contributed by atoms with Crippen LogP contribution in [0.15, 0.2) is 0 Å². The Kier molecular flexibility index (Phi) is 3.73. The number of hydrogen-bond acceptors (Lipinski definition) is 2. The summed E-state index contributed by atoms with van der Waals surface area (Å²) in [5, 5.41) is 11.6. The first-order valence-electron chi connectivity index (χ1n) is 5.04. The molecule has 1 aliphatic carbocycles. The second kappa shape index (κ2) is 4.83. The zero-order valence-corrected chi connectivity index (χ0v) is 8.58. The normalized spacial score (nSPS) is 17.3. The van der Waals surface area contributed by atoms with Crippen LogP contribution >= 0.6 is 0 Å². The quantitative estimate of drug-likeness (QED) is 0.657. The van der Waals surface area contributed by atoms with Crippen molar-refractivity contribution in [3.63, 3.8) is 0 Å². The minimum atomic E-state index is -0.814. The smallest absolute Gasteiger partial charge is 0.311 e. The molecule has 0 bridgehead atoms. The van der Waals surface area contributed by atoms with Gasteiger partial charge in [-0.05, 0) is 12.8 Å². The molecule has 1 fully saturated rings. The van der Waals surface area contributed by atoms with Crippen molar-refractivity contribution in [3.05, 3.63) is 0 Å². The summed E-state index contributed by atoms with van der Waals surface area (Å²) in [5.41, 5.74) is -0.716. The van der Waals surface area contributed by atoms with Crippen molar-refractivity contribution in [1.29, 1.82) is 0 Å². The van der Waals surface area contributed by atoms with Gasteiger partial charge in [-0.2, -0.15) is 0 Å². The summed E-state index contributed by atoms with van der Waals surface area (Å²) in [6, 6.07) is 0. The van der Waals surface area contributed by atoms with Gasteiger partial charge in [0.15, 0.2) is 0 Å². The molecule has 1 saturated carbocycles. The standard InChI is InChI=1S/C11H15NO3/c1-2-3-5-9(13)12-8-11(10(14)15)6-4-7-11/h1H,3-8H2,(H,12,13)(H,14,15). The van der Waals surface area contributed by atoms with Gasteiger partial charge in [0.2, 0.25) is 5.91 Å². The fraction of sp³-hybridized carbons (Fsp3) is 0.636. The van der Waals surface area contributed by atoms with Gasteiger partial charge in [-0.3, -0.25) is 9.59 Å². The van der Waals surface area contributed by atoms with Crippen LogP contribution < -0.4 is 5.32 Å². The van der Waals surface area contributed by atoms with E-state index in [1.165, 1.54) is 0 Å². The van der Waals surface area contributed by atoms with E-state index >= 15 is 0 Å². The Labute approximate surface area is 89.0 Å². The second-order valence-corrected chi connectivity index (χ2v) is 3.92. The van der Waals surface area contributed by atoms with Crippen molar-refractivity contribution in [3.8, 4) is 12.3 Å². The van der Waals surface area contributed by atoms with Crippen LogP contribution in [0, 0.1) is 17.8 Å². The van der Waals surface area contributed by atoms with Crippen LogP contribution in [0.1, 0.15) is 32.1 Å². The first kappa shape index (κ1) is 11.6. The Hall–Kier alpha value is -1.50. The summed E-state index contributed by atoms with van der Waals surface area (Å²) in [6.45, 7) is 0.228. The number of carboxylic acid groups (broad SMARTS) is 1. The molecule has 4 nitrogen and oxygen atoms in total. The third-order valence-electron chi connectivity index (χ3n) is 2.88. The average Bonchev–Trinajstić information content (AvgIpc) is 2.12. The molecule has 1 aliphatic rings. The zero-order chi connectivity index (χ0) is 11.3. The lowest BCUT2D eigenvalue weighted by Gasteiger charge is -2.37. The number of carbonyl (C=O) groups is 2. The number of terminal acetylenes is 1. The van der Waals surface area contributed by atoms with Gasteiger partial charge in [-0.25, -0.2) is 0 Å². The van der Waals surface area contributed by atoms with E-state index < -0.39 is 11.4 Å². The molecule has 0 saturated heterocycles. The van der Waals surface area contributed by atoms with Gasteiger partial charge in [0, 0.05) is 19.4 Å². The average molecular weight is 209 g/mol. The minimum Gasteiger partial charge on any atom is -0.481 e. The molecule has 1 rings (SSSR count). The van der Waals surface area contributed by atoms with Crippen molar-refractivity contribution in [2.75, 3.05) is 6.54 Å². The Morgan fingerprint density at radius 2 is 2.13 bits per heavy atom. The van der Waals surface area contributed by atoms with E-state index in [1.54, 1.807) is 0 Å². The SMILES string of the molecule is C#CCCC(=O)NCC1(C(=O)O)CCC1. The highest BCUT2D eigenvalue weighted by molar-refractivity contribution is 5.79. The summed E-state index contributed by atoms with van der Waals surface area (Å²) >= 11 is 0. The second-order valence-electron chi connectivity index (χ2n) is 3.92. The number of aliphatic carboxylic acids is 1. The van der Waals surface area contributed by atoms with E-state index in [9.17, 15) is 9.59 Å². The molecule has 0 unspecified atom stereocenters. The van der Waals surface area contributed by atoms with Crippen LogP contribution in [-0.2, 0) is 9.59 Å². The molecule has 0 aliphatic heterocycles. The maximum absolute atomic E-state index is 11.2. The Bertz CT molecular complexity index is 299. The summed E-state index contributed by atoms with van der Waals surface area (Å²) in [7, 11) is 0. The fourth-order valence-electron chi connectivity index (χ4n) is 1.61. The van der Waals surface area contributed by atoms with E-state index in [0.717, 1.165) is 6.42 Å². The van der Waals surface area contributed by atoms with Crippen LogP contribution in [-0.4, -0.2) is 23.5 Å². The van der Waals surface area contributed by atoms with Gasteiger partial charge >= 0.3 is 5.97 Å². The van der Waals surface area contributed by atoms with Crippen LogP contribution in [0.5, 0.6) is 0 Å². The van der Waals surface area contributed by atoms with Gasteiger partial charge in [0.05, 0.1) is 5.41 Å². The molecular weight excluding hydrogens is 194 g/mol. The van der Waals surface area contributed by atoms with Gasteiger partial charge in [-0.1, -0.05) is 6.42 Å².